The highest BCUT2D eigenvalue weighted by atomic mass is 32.2. The van der Waals surface area contributed by atoms with Crippen LogP contribution >= 0.6 is 0 Å². The van der Waals surface area contributed by atoms with Gasteiger partial charge < -0.3 is 10.1 Å². The smallest absolute Gasteiger partial charge is 0.339 e. The van der Waals surface area contributed by atoms with E-state index in [-0.39, 0.29) is 24.1 Å². The summed E-state index contributed by atoms with van der Waals surface area (Å²) in [6.07, 6.45) is 4.40. The van der Waals surface area contributed by atoms with Crippen LogP contribution in [0.1, 0.15) is 49.9 Å². The van der Waals surface area contributed by atoms with Gasteiger partial charge in [0.1, 0.15) is 0 Å². The van der Waals surface area contributed by atoms with E-state index in [9.17, 15) is 13.8 Å². The van der Waals surface area contributed by atoms with E-state index in [1.807, 2.05) is 0 Å². The molecule has 0 radical (unpaired) electrons. The molecule has 1 aromatic rings. The summed E-state index contributed by atoms with van der Waals surface area (Å²) >= 11 is 0. The highest BCUT2D eigenvalue weighted by Gasteiger charge is 2.23. The van der Waals surface area contributed by atoms with Crippen molar-refractivity contribution in [3.8, 4) is 0 Å². The van der Waals surface area contributed by atoms with Crippen molar-refractivity contribution in [2.75, 3.05) is 12.4 Å². The Balaban J connectivity index is 1.91. The topological polar surface area (TPSA) is 72.5 Å². The summed E-state index contributed by atoms with van der Waals surface area (Å²) in [5.41, 5.74) is 0.261. The summed E-state index contributed by atoms with van der Waals surface area (Å²) in [6, 6.07) is 6.81. The maximum atomic E-state index is 12.2. The standard InChI is InChI=1S/C18H25NO4S/c1-3-24(22)16-11-7-5-9-14(16)18(21)23-12-17(20)19-15-10-6-4-8-13(15)2/h5,7,9,11,13,15H,3-4,6,8,10,12H2,1-2H3,(H,19,20)/t13-,15-,24-/m0/s1. The molecule has 2 rings (SSSR count). The molecule has 1 aliphatic rings. The predicted octanol–water partition coefficient (Wildman–Crippen LogP) is 2.67. The number of nitrogens with one attached hydrogen (secondary N) is 1. The van der Waals surface area contributed by atoms with Crippen LogP contribution in [-0.2, 0) is 20.3 Å². The van der Waals surface area contributed by atoms with Gasteiger partial charge in [0.15, 0.2) is 6.61 Å². The van der Waals surface area contributed by atoms with Crippen LogP contribution in [0.2, 0.25) is 0 Å². The monoisotopic (exact) mass is 351 g/mol. The van der Waals surface area contributed by atoms with Crippen LogP contribution in [0.15, 0.2) is 29.2 Å². The van der Waals surface area contributed by atoms with Crippen molar-refractivity contribution < 1.29 is 18.5 Å². The molecule has 132 valence electrons. The van der Waals surface area contributed by atoms with Crippen molar-refractivity contribution >= 4 is 22.7 Å². The van der Waals surface area contributed by atoms with Gasteiger partial charge in [-0.2, -0.15) is 0 Å². The van der Waals surface area contributed by atoms with Crippen molar-refractivity contribution in [3.63, 3.8) is 0 Å². The minimum absolute atomic E-state index is 0.157. The van der Waals surface area contributed by atoms with Crippen molar-refractivity contribution in [1.29, 1.82) is 0 Å². The maximum Gasteiger partial charge on any atom is 0.339 e. The van der Waals surface area contributed by atoms with Crippen LogP contribution in [0, 0.1) is 5.92 Å². The molecule has 0 heterocycles. The molecule has 0 bridgehead atoms. The van der Waals surface area contributed by atoms with E-state index in [4.69, 9.17) is 4.74 Å². The normalized spacial score (nSPS) is 21.8. The number of hydrogen-bond donors (Lipinski definition) is 1. The molecule has 1 amide bonds. The second-order valence-corrected chi connectivity index (χ2v) is 7.85. The molecule has 6 heteroatoms. The van der Waals surface area contributed by atoms with Crippen LogP contribution in [0.5, 0.6) is 0 Å². The first kappa shape index (κ1) is 18.6. The Morgan fingerprint density at radius 1 is 1.25 bits per heavy atom. The molecule has 0 unspecified atom stereocenters. The molecular weight excluding hydrogens is 326 g/mol. The fraction of sp³-hybridized carbons (Fsp3) is 0.556. The van der Waals surface area contributed by atoms with Crippen molar-refractivity contribution in [2.45, 2.75) is 50.5 Å². The summed E-state index contributed by atoms with van der Waals surface area (Å²) in [4.78, 5) is 24.7. The lowest BCUT2D eigenvalue weighted by atomic mass is 9.86. The highest BCUT2D eigenvalue weighted by Crippen LogP contribution is 2.23. The van der Waals surface area contributed by atoms with Crippen LogP contribution in [-0.4, -0.2) is 34.5 Å². The fourth-order valence-electron chi connectivity index (χ4n) is 2.98. The summed E-state index contributed by atoms with van der Waals surface area (Å²) in [6.45, 7) is 3.61. The Labute approximate surface area is 145 Å². The van der Waals surface area contributed by atoms with Gasteiger partial charge in [-0.25, -0.2) is 4.79 Å². The zero-order chi connectivity index (χ0) is 17.5. The predicted molar refractivity (Wildman–Crippen MR) is 93.2 cm³/mol. The lowest BCUT2D eigenvalue weighted by Gasteiger charge is -2.29. The summed E-state index contributed by atoms with van der Waals surface area (Å²) in [5.74, 6) is -0.0220. The Morgan fingerprint density at radius 2 is 1.96 bits per heavy atom. The van der Waals surface area contributed by atoms with Crippen molar-refractivity contribution in [2.24, 2.45) is 5.92 Å². The Morgan fingerprint density at radius 3 is 2.67 bits per heavy atom. The number of ether oxygens (including phenoxy) is 1. The number of amides is 1. The zero-order valence-corrected chi connectivity index (χ0v) is 15.1. The van der Waals surface area contributed by atoms with Gasteiger partial charge in [0, 0.05) is 11.8 Å². The number of carbonyl (C=O) groups excluding carboxylic acids is 2. The van der Waals surface area contributed by atoms with E-state index >= 15 is 0 Å². The van der Waals surface area contributed by atoms with E-state index in [1.54, 1.807) is 31.2 Å². The number of esters is 1. The molecule has 1 fully saturated rings. The fourth-order valence-corrected chi connectivity index (χ4v) is 3.92. The minimum atomic E-state index is -1.25. The number of rotatable bonds is 6. The third-order valence-electron chi connectivity index (χ3n) is 4.41. The highest BCUT2D eigenvalue weighted by molar-refractivity contribution is 7.85. The molecule has 5 nitrogen and oxygen atoms in total. The maximum absolute atomic E-state index is 12.2. The van der Waals surface area contributed by atoms with Gasteiger partial charge in [-0.1, -0.05) is 38.8 Å². The van der Waals surface area contributed by atoms with Crippen molar-refractivity contribution in [3.05, 3.63) is 29.8 Å². The SMILES string of the molecule is CC[S@](=O)c1ccccc1C(=O)OCC(=O)N[C@H]1CCCC[C@@H]1C. The quantitative estimate of drug-likeness (QED) is 0.800. The molecule has 0 aliphatic heterocycles. The van der Waals surface area contributed by atoms with Gasteiger partial charge in [-0.05, 0) is 30.9 Å². The van der Waals surface area contributed by atoms with Crippen LogP contribution in [0.25, 0.3) is 0 Å². The molecular formula is C18H25NO4S. The van der Waals surface area contributed by atoms with E-state index < -0.39 is 16.8 Å². The Bertz CT molecular complexity index is 617. The zero-order valence-electron chi connectivity index (χ0n) is 14.2. The second-order valence-electron chi connectivity index (χ2n) is 6.14. The molecule has 24 heavy (non-hydrogen) atoms. The summed E-state index contributed by atoms with van der Waals surface area (Å²) in [5, 5.41) is 2.95. The first-order chi connectivity index (χ1) is 11.5. The second kappa shape index (κ2) is 8.97. The largest absolute Gasteiger partial charge is 0.452 e. The van der Waals surface area contributed by atoms with Gasteiger partial charge in [-0.3, -0.25) is 9.00 Å². The van der Waals surface area contributed by atoms with Crippen LogP contribution in [0.4, 0.5) is 0 Å². The molecule has 0 aromatic heterocycles. The number of benzene rings is 1. The first-order valence-corrected chi connectivity index (χ1v) is 9.78. The van der Waals surface area contributed by atoms with E-state index in [0.29, 0.717) is 16.6 Å². The lowest BCUT2D eigenvalue weighted by molar-refractivity contribution is -0.125. The summed E-state index contributed by atoms with van der Waals surface area (Å²) < 4.78 is 17.1. The molecule has 0 spiro atoms. The third-order valence-corrected chi connectivity index (χ3v) is 5.78. The third kappa shape index (κ3) is 4.90. The molecule has 3 atom stereocenters. The first-order valence-electron chi connectivity index (χ1n) is 8.46. The minimum Gasteiger partial charge on any atom is -0.452 e. The Kier molecular flexibility index (Phi) is 6.97. The lowest BCUT2D eigenvalue weighted by Crippen LogP contribution is -2.42. The molecule has 1 aliphatic carbocycles. The molecule has 1 N–H and O–H groups in total. The van der Waals surface area contributed by atoms with E-state index in [1.165, 1.54) is 6.42 Å². The van der Waals surface area contributed by atoms with Gasteiger partial charge in [0.05, 0.1) is 21.3 Å². The average molecular weight is 351 g/mol. The summed E-state index contributed by atoms with van der Waals surface area (Å²) in [7, 11) is -1.25. The van der Waals surface area contributed by atoms with Crippen LogP contribution < -0.4 is 5.32 Å². The van der Waals surface area contributed by atoms with Crippen molar-refractivity contribution in [1.82, 2.24) is 5.32 Å². The molecule has 1 aromatic carbocycles. The van der Waals surface area contributed by atoms with E-state index in [0.717, 1.165) is 19.3 Å². The molecule has 0 saturated heterocycles. The van der Waals surface area contributed by atoms with Gasteiger partial charge in [0.25, 0.3) is 5.91 Å². The van der Waals surface area contributed by atoms with E-state index in [2.05, 4.69) is 12.2 Å². The average Bonchev–Trinajstić information content (AvgIpc) is 2.61. The Hall–Kier alpha value is -1.69. The van der Waals surface area contributed by atoms with Gasteiger partial charge in [-0.15, -0.1) is 0 Å². The number of hydrogen-bond acceptors (Lipinski definition) is 4. The van der Waals surface area contributed by atoms with Gasteiger partial charge in [0.2, 0.25) is 0 Å². The number of carbonyl (C=O) groups is 2. The van der Waals surface area contributed by atoms with Gasteiger partial charge >= 0.3 is 5.97 Å². The molecule has 1 saturated carbocycles. The van der Waals surface area contributed by atoms with Crippen LogP contribution in [0.3, 0.4) is 0 Å².